The van der Waals surface area contributed by atoms with Gasteiger partial charge in [0, 0.05) is 10.0 Å². The minimum absolute atomic E-state index is 0.493. The van der Waals surface area contributed by atoms with Gasteiger partial charge in [-0.2, -0.15) is 0 Å². The molecule has 2 heterocycles. The highest BCUT2D eigenvalue weighted by atomic mass is 79.9. The predicted molar refractivity (Wildman–Crippen MR) is 67.3 cm³/mol. The van der Waals surface area contributed by atoms with Crippen LogP contribution in [0.1, 0.15) is 0 Å². The third-order valence-electron chi connectivity index (χ3n) is 2.38. The number of aromatic nitrogens is 1. The molecule has 0 bridgehead atoms. The van der Waals surface area contributed by atoms with Crippen molar-refractivity contribution in [2.45, 2.75) is 0 Å². The average Bonchev–Trinajstić information content (AvgIpc) is 3.00. The van der Waals surface area contributed by atoms with Crippen LogP contribution in [0.15, 0.2) is 62.2 Å². The van der Waals surface area contributed by atoms with Gasteiger partial charge in [0.25, 0.3) is 5.89 Å². The van der Waals surface area contributed by atoms with Gasteiger partial charge in [-0.15, -0.1) is 0 Å². The maximum atomic E-state index is 5.38. The zero-order valence-corrected chi connectivity index (χ0v) is 10.3. The first-order chi connectivity index (χ1) is 8.33. The lowest BCUT2D eigenvalue weighted by Crippen LogP contribution is -1.78. The molecule has 3 aromatic rings. The van der Waals surface area contributed by atoms with Gasteiger partial charge in [-0.25, -0.2) is 4.98 Å². The lowest BCUT2D eigenvalue weighted by molar-refractivity contribution is 0.517. The standard InChI is InChI=1S/C13H8BrNO2/c14-10-5-3-9(4-6-10)11-8-17-13(15-11)12-2-1-7-16-12/h1-8H. The summed E-state index contributed by atoms with van der Waals surface area (Å²) in [6, 6.07) is 11.5. The molecule has 17 heavy (non-hydrogen) atoms. The van der Waals surface area contributed by atoms with Crippen LogP contribution in [0.25, 0.3) is 22.9 Å². The monoisotopic (exact) mass is 289 g/mol. The first-order valence-corrected chi connectivity index (χ1v) is 5.87. The highest BCUT2D eigenvalue weighted by Crippen LogP contribution is 2.25. The van der Waals surface area contributed by atoms with Crippen LogP contribution in [0.2, 0.25) is 0 Å². The van der Waals surface area contributed by atoms with Gasteiger partial charge in [0.15, 0.2) is 5.76 Å². The third kappa shape index (κ3) is 2.03. The van der Waals surface area contributed by atoms with Crippen molar-refractivity contribution in [3.63, 3.8) is 0 Å². The predicted octanol–water partition coefficient (Wildman–Crippen LogP) is 4.36. The smallest absolute Gasteiger partial charge is 0.263 e. The fourth-order valence-electron chi connectivity index (χ4n) is 1.54. The first-order valence-electron chi connectivity index (χ1n) is 5.08. The number of halogens is 1. The summed E-state index contributed by atoms with van der Waals surface area (Å²) in [5.41, 5.74) is 1.80. The molecule has 84 valence electrons. The van der Waals surface area contributed by atoms with E-state index in [9.17, 15) is 0 Å². The van der Waals surface area contributed by atoms with E-state index >= 15 is 0 Å². The Bertz CT molecular complexity index is 611. The molecule has 0 amide bonds. The van der Waals surface area contributed by atoms with Crippen LogP contribution in [-0.4, -0.2) is 4.98 Å². The summed E-state index contributed by atoms with van der Waals surface area (Å²) in [6.07, 6.45) is 3.22. The van der Waals surface area contributed by atoms with E-state index in [0.29, 0.717) is 11.7 Å². The van der Waals surface area contributed by atoms with Crippen molar-refractivity contribution in [1.82, 2.24) is 4.98 Å². The van der Waals surface area contributed by atoms with Gasteiger partial charge >= 0.3 is 0 Å². The molecule has 0 N–H and O–H groups in total. The number of hydrogen-bond donors (Lipinski definition) is 0. The molecule has 0 fully saturated rings. The molecule has 3 rings (SSSR count). The summed E-state index contributed by atoms with van der Waals surface area (Å²) in [5, 5.41) is 0. The summed E-state index contributed by atoms with van der Waals surface area (Å²) < 4.78 is 11.6. The van der Waals surface area contributed by atoms with Gasteiger partial charge in [-0.3, -0.25) is 0 Å². The van der Waals surface area contributed by atoms with Crippen molar-refractivity contribution in [3.05, 3.63) is 53.4 Å². The molecule has 0 unspecified atom stereocenters. The fourth-order valence-corrected chi connectivity index (χ4v) is 1.80. The summed E-state index contributed by atoms with van der Waals surface area (Å²) in [5.74, 6) is 1.13. The minimum Gasteiger partial charge on any atom is -0.459 e. The maximum absolute atomic E-state index is 5.38. The van der Waals surface area contributed by atoms with Crippen molar-refractivity contribution < 1.29 is 8.83 Å². The molecule has 0 aliphatic carbocycles. The lowest BCUT2D eigenvalue weighted by Gasteiger charge is -1.94. The number of hydrogen-bond acceptors (Lipinski definition) is 3. The normalized spacial score (nSPS) is 10.6. The van der Waals surface area contributed by atoms with E-state index in [1.807, 2.05) is 30.3 Å². The van der Waals surface area contributed by atoms with Gasteiger partial charge in [-0.05, 0) is 24.3 Å². The highest BCUT2D eigenvalue weighted by molar-refractivity contribution is 9.10. The zero-order valence-electron chi connectivity index (χ0n) is 8.76. The van der Waals surface area contributed by atoms with Crippen LogP contribution in [0.5, 0.6) is 0 Å². The number of oxazole rings is 1. The van der Waals surface area contributed by atoms with Gasteiger partial charge < -0.3 is 8.83 Å². The fraction of sp³-hybridized carbons (Fsp3) is 0. The topological polar surface area (TPSA) is 39.2 Å². The van der Waals surface area contributed by atoms with Crippen LogP contribution >= 0.6 is 15.9 Å². The van der Waals surface area contributed by atoms with E-state index in [1.54, 1.807) is 18.6 Å². The first kappa shape index (κ1) is 10.4. The Balaban J connectivity index is 1.98. The van der Waals surface area contributed by atoms with Gasteiger partial charge in [-0.1, -0.05) is 28.1 Å². The van der Waals surface area contributed by atoms with E-state index in [4.69, 9.17) is 8.83 Å². The number of rotatable bonds is 2. The van der Waals surface area contributed by atoms with Crippen LogP contribution in [0, 0.1) is 0 Å². The second-order valence-corrected chi connectivity index (χ2v) is 4.44. The van der Waals surface area contributed by atoms with E-state index in [2.05, 4.69) is 20.9 Å². The van der Waals surface area contributed by atoms with Crippen LogP contribution in [-0.2, 0) is 0 Å². The van der Waals surface area contributed by atoms with Crippen LogP contribution in [0.4, 0.5) is 0 Å². The molecular formula is C13H8BrNO2. The van der Waals surface area contributed by atoms with Crippen LogP contribution in [0.3, 0.4) is 0 Å². The zero-order chi connectivity index (χ0) is 11.7. The molecule has 0 aliphatic rings. The van der Waals surface area contributed by atoms with Gasteiger partial charge in [0.2, 0.25) is 0 Å². The van der Waals surface area contributed by atoms with Crippen molar-refractivity contribution in [2.75, 3.05) is 0 Å². The number of nitrogens with zero attached hydrogens (tertiary/aromatic N) is 1. The Morgan fingerprint density at radius 1 is 1.00 bits per heavy atom. The Hall–Kier alpha value is -1.81. The quantitative estimate of drug-likeness (QED) is 0.703. The molecule has 0 saturated heterocycles. The molecule has 0 radical (unpaired) electrons. The summed E-state index contributed by atoms with van der Waals surface area (Å²) in [7, 11) is 0. The SMILES string of the molecule is Brc1ccc(-c2coc(-c3ccco3)n2)cc1. The van der Waals surface area contributed by atoms with Gasteiger partial charge in [0.1, 0.15) is 12.0 Å². The summed E-state index contributed by atoms with van der Waals surface area (Å²) >= 11 is 3.40. The molecule has 4 heteroatoms. The second kappa shape index (κ2) is 4.22. The molecular weight excluding hydrogens is 282 g/mol. The van der Waals surface area contributed by atoms with Gasteiger partial charge in [0.05, 0.1) is 6.26 Å². The Labute approximate surface area is 106 Å². The van der Waals surface area contributed by atoms with E-state index in [0.717, 1.165) is 15.7 Å². The molecule has 0 spiro atoms. The average molecular weight is 290 g/mol. The summed E-state index contributed by atoms with van der Waals surface area (Å²) in [6.45, 7) is 0. The Morgan fingerprint density at radius 3 is 2.53 bits per heavy atom. The highest BCUT2D eigenvalue weighted by Gasteiger charge is 2.10. The van der Waals surface area contributed by atoms with E-state index in [1.165, 1.54) is 0 Å². The minimum atomic E-state index is 0.493. The molecule has 0 atom stereocenters. The molecule has 2 aromatic heterocycles. The Morgan fingerprint density at radius 2 is 1.82 bits per heavy atom. The van der Waals surface area contributed by atoms with E-state index in [-0.39, 0.29) is 0 Å². The molecule has 1 aromatic carbocycles. The van der Waals surface area contributed by atoms with Crippen molar-refractivity contribution in [2.24, 2.45) is 0 Å². The largest absolute Gasteiger partial charge is 0.459 e. The third-order valence-corrected chi connectivity index (χ3v) is 2.90. The molecule has 3 nitrogen and oxygen atoms in total. The van der Waals surface area contributed by atoms with E-state index < -0.39 is 0 Å². The number of benzene rings is 1. The van der Waals surface area contributed by atoms with Crippen molar-refractivity contribution in [3.8, 4) is 22.9 Å². The molecule has 0 aliphatic heterocycles. The summed E-state index contributed by atoms with van der Waals surface area (Å²) in [4.78, 5) is 4.38. The second-order valence-electron chi connectivity index (χ2n) is 3.52. The van der Waals surface area contributed by atoms with Crippen LogP contribution < -0.4 is 0 Å². The lowest BCUT2D eigenvalue weighted by atomic mass is 10.2. The molecule has 0 saturated carbocycles. The Kier molecular flexibility index (Phi) is 2.57. The van der Waals surface area contributed by atoms with Crippen molar-refractivity contribution in [1.29, 1.82) is 0 Å². The number of furan rings is 1. The van der Waals surface area contributed by atoms with Crippen molar-refractivity contribution >= 4 is 15.9 Å². The maximum Gasteiger partial charge on any atom is 0.263 e.